The highest BCUT2D eigenvalue weighted by molar-refractivity contribution is 5.96. The van der Waals surface area contributed by atoms with E-state index in [9.17, 15) is 9.59 Å². The summed E-state index contributed by atoms with van der Waals surface area (Å²) in [5, 5.41) is 6.38. The summed E-state index contributed by atoms with van der Waals surface area (Å²) in [4.78, 5) is 29.7. The van der Waals surface area contributed by atoms with Crippen molar-refractivity contribution in [1.82, 2.24) is 15.5 Å². The number of aryl methyl sites for hydroxylation is 1. The normalized spacial score (nSPS) is 27.5. The fourth-order valence-electron chi connectivity index (χ4n) is 5.07. The van der Waals surface area contributed by atoms with E-state index in [2.05, 4.69) is 40.7 Å². The number of likely N-dealkylation sites (tertiary alicyclic amines) is 1. The molecule has 0 aromatic heterocycles. The summed E-state index contributed by atoms with van der Waals surface area (Å²) in [7, 11) is 0. The predicted octanol–water partition coefficient (Wildman–Crippen LogP) is 1.93. The minimum Gasteiger partial charge on any atom is -0.354 e. The summed E-state index contributed by atoms with van der Waals surface area (Å²) in [6.45, 7) is 6.12. The first-order valence-corrected chi connectivity index (χ1v) is 11.2. The SMILES string of the molecule is CC1CCc2ccccc2N1C(=O)CN1CCCC(CNC(=O)C2CCCN2)C1. The van der Waals surface area contributed by atoms with Gasteiger partial charge >= 0.3 is 0 Å². The lowest BCUT2D eigenvalue weighted by molar-refractivity contribution is -0.123. The van der Waals surface area contributed by atoms with Gasteiger partial charge in [-0.05, 0) is 76.1 Å². The molecule has 1 aromatic carbocycles. The Hall–Kier alpha value is -1.92. The molecule has 0 spiro atoms. The van der Waals surface area contributed by atoms with Crippen molar-refractivity contribution in [2.24, 2.45) is 5.92 Å². The molecule has 2 fully saturated rings. The highest BCUT2D eigenvalue weighted by atomic mass is 16.2. The highest BCUT2D eigenvalue weighted by Gasteiger charge is 2.30. The molecule has 2 N–H and O–H groups in total. The Labute approximate surface area is 174 Å². The first-order chi connectivity index (χ1) is 14.1. The third-order valence-corrected chi connectivity index (χ3v) is 6.70. The van der Waals surface area contributed by atoms with Gasteiger partial charge in [0, 0.05) is 24.8 Å². The monoisotopic (exact) mass is 398 g/mol. The summed E-state index contributed by atoms with van der Waals surface area (Å²) < 4.78 is 0. The van der Waals surface area contributed by atoms with E-state index in [1.54, 1.807) is 0 Å². The van der Waals surface area contributed by atoms with Crippen LogP contribution in [0.5, 0.6) is 0 Å². The van der Waals surface area contributed by atoms with Crippen molar-refractivity contribution >= 4 is 17.5 Å². The van der Waals surface area contributed by atoms with Gasteiger partial charge in [0.05, 0.1) is 12.6 Å². The third-order valence-electron chi connectivity index (χ3n) is 6.70. The van der Waals surface area contributed by atoms with Crippen LogP contribution in [0.3, 0.4) is 0 Å². The number of fused-ring (bicyclic) bond motifs is 1. The molecule has 158 valence electrons. The Morgan fingerprint density at radius 2 is 2.03 bits per heavy atom. The molecular weight excluding hydrogens is 364 g/mol. The molecule has 1 aromatic rings. The summed E-state index contributed by atoms with van der Waals surface area (Å²) in [6.07, 6.45) is 6.28. The van der Waals surface area contributed by atoms with Crippen molar-refractivity contribution in [3.05, 3.63) is 29.8 Å². The minimum absolute atomic E-state index is 0.0167. The maximum atomic E-state index is 13.2. The van der Waals surface area contributed by atoms with Gasteiger partial charge in [0.2, 0.25) is 11.8 Å². The maximum absolute atomic E-state index is 13.2. The van der Waals surface area contributed by atoms with Gasteiger partial charge in [-0.25, -0.2) is 0 Å². The third kappa shape index (κ3) is 4.81. The van der Waals surface area contributed by atoms with E-state index in [1.807, 2.05) is 11.0 Å². The van der Waals surface area contributed by atoms with Crippen LogP contribution in [-0.2, 0) is 16.0 Å². The van der Waals surface area contributed by atoms with Gasteiger partial charge in [0.15, 0.2) is 0 Å². The molecule has 0 saturated carbocycles. The van der Waals surface area contributed by atoms with E-state index in [-0.39, 0.29) is 23.9 Å². The van der Waals surface area contributed by atoms with Crippen LogP contribution in [0.2, 0.25) is 0 Å². The Balaban J connectivity index is 1.31. The maximum Gasteiger partial charge on any atom is 0.241 e. The number of para-hydroxylation sites is 1. The zero-order chi connectivity index (χ0) is 20.2. The molecular formula is C23H34N4O2. The van der Waals surface area contributed by atoms with Gasteiger partial charge in [-0.15, -0.1) is 0 Å². The number of anilines is 1. The standard InChI is InChI=1S/C23H34N4O2/c1-17-10-11-19-7-2-3-9-21(19)27(17)22(28)16-26-13-5-6-18(15-26)14-25-23(29)20-8-4-12-24-20/h2-3,7,9,17-18,20,24H,4-6,8,10-16H2,1H3,(H,25,29). The van der Waals surface area contributed by atoms with Gasteiger partial charge < -0.3 is 15.5 Å². The second-order valence-corrected chi connectivity index (χ2v) is 8.92. The summed E-state index contributed by atoms with van der Waals surface area (Å²) >= 11 is 0. The molecule has 6 nitrogen and oxygen atoms in total. The zero-order valence-electron chi connectivity index (χ0n) is 17.5. The number of amides is 2. The van der Waals surface area contributed by atoms with Gasteiger partial charge in [-0.1, -0.05) is 18.2 Å². The van der Waals surface area contributed by atoms with E-state index < -0.39 is 0 Å². The van der Waals surface area contributed by atoms with Crippen molar-refractivity contribution in [3.63, 3.8) is 0 Å². The fraction of sp³-hybridized carbons (Fsp3) is 0.652. The number of piperidine rings is 1. The van der Waals surface area contributed by atoms with Crippen LogP contribution in [0, 0.1) is 5.92 Å². The first kappa shape index (κ1) is 20.4. The molecule has 4 rings (SSSR count). The molecule has 0 radical (unpaired) electrons. The van der Waals surface area contributed by atoms with Crippen molar-refractivity contribution < 1.29 is 9.59 Å². The topological polar surface area (TPSA) is 64.7 Å². The Morgan fingerprint density at radius 3 is 2.86 bits per heavy atom. The number of carbonyl (C=O) groups excluding carboxylic acids is 2. The number of nitrogens with one attached hydrogen (secondary N) is 2. The molecule has 3 aliphatic rings. The second kappa shape index (κ2) is 9.26. The van der Waals surface area contributed by atoms with Crippen LogP contribution in [0.1, 0.15) is 44.6 Å². The van der Waals surface area contributed by atoms with Gasteiger partial charge in [-0.2, -0.15) is 0 Å². The number of benzene rings is 1. The van der Waals surface area contributed by atoms with Crippen molar-refractivity contribution in [1.29, 1.82) is 0 Å². The highest BCUT2D eigenvalue weighted by Crippen LogP contribution is 2.30. The van der Waals surface area contributed by atoms with E-state index in [1.165, 1.54) is 5.56 Å². The number of hydrogen-bond donors (Lipinski definition) is 2. The molecule has 3 heterocycles. The number of nitrogens with zero attached hydrogens (tertiary/aromatic N) is 2. The Morgan fingerprint density at radius 1 is 1.17 bits per heavy atom. The van der Waals surface area contributed by atoms with Crippen LogP contribution in [-0.4, -0.2) is 61.5 Å². The molecule has 2 saturated heterocycles. The Bertz CT molecular complexity index is 731. The molecule has 29 heavy (non-hydrogen) atoms. The molecule has 3 unspecified atom stereocenters. The average molecular weight is 399 g/mol. The molecule has 0 aliphatic carbocycles. The Kier molecular flexibility index (Phi) is 6.50. The molecule has 3 aliphatic heterocycles. The average Bonchev–Trinajstić information content (AvgIpc) is 3.27. The van der Waals surface area contributed by atoms with Crippen LogP contribution in [0.25, 0.3) is 0 Å². The van der Waals surface area contributed by atoms with E-state index in [0.29, 0.717) is 19.0 Å². The molecule has 3 atom stereocenters. The van der Waals surface area contributed by atoms with Crippen LogP contribution in [0.15, 0.2) is 24.3 Å². The fourth-order valence-corrected chi connectivity index (χ4v) is 5.07. The quantitative estimate of drug-likeness (QED) is 0.796. The lowest BCUT2D eigenvalue weighted by Crippen LogP contribution is -2.50. The van der Waals surface area contributed by atoms with E-state index in [0.717, 1.165) is 63.8 Å². The zero-order valence-corrected chi connectivity index (χ0v) is 17.5. The lowest BCUT2D eigenvalue weighted by Gasteiger charge is -2.38. The smallest absolute Gasteiger partial charge is 0.241 e. The van der Waals surface area contributed by atoms with Crippen molar-refractivity contribution in [2.45, 2.75) is 57.5 Å². The van der Waals surface area contributed by atoms with Crippen LogP contribution in [0.4, 0.5) is 5.69 Å². The number of hydrogen-bond acceptors (Lipinski definition) is 4. The van der Waals surface area contributed by atoms with Crippen molar-refractivity contribution in [2.75, 3.05) is 37.6 Å². The van der Waals surface area contributed by atoms with Crippen LogP contribution < -0.4 is 15.5 Å². The number of rotatable bonds is 5. The van der Waals surface area contributed by atoms with Gasteiger partial charge in [0.25, 0.3) is 0 Å². The molecule has 0 bridgehead atoms. The van der Waals surface area contributed by atoms with Crippen molar-refractivity contribution in [3.8, 4) is 0 Å². The van der Waals surface area contributed by atoms with Crippen LogP contribution >= 0.6 is 0 Å². The summed E-state index contributed by atoms with van der Waals surface area (Å²) in [5.74, 6) is 0.756. The first-order valence-electron chi connectivity index (χ1n) is 11.2. The number of carbonyl (C=O) groups is 2. The van der Waals surface area contributed by atoms with E-state index in [4.69, 9.17) is 0 Å². The lowest BCUT2D eigenvalue weighted by atomic mass is 9.96. The summed E-state index contributed by atoms with van der Waals surface area (Å²) in [6, 6.07) is 8.53. The van der Waals surface area contributed by atoms with Gasteiger partial charge in [-0.3, -0.25) is 14.5 Å². The minimum atomic E-state index is -0.0167. The van der Waals surface area contributed by atoms with Gasteiger partial charge in [0.1, 0.15) is 0 Å². The molecule has 2 amide bonds. The second-order valence-electron chi connectivity index (χ2n) is 8.92. The molecule has 6 heteroatoms. The van der Waals surface area contributed by atoms with E-state index >= 15 is 0 Å². The largest absolute Gasteiger partial charge is 0.354 e. The summed E-state index contributed by atoms with van der Waals surface area (Å²) in [5.41, 5.74) is 2.36. The predicted molar refractivity (Wildman–Crippen MR) is 115 cm³/mol.